The third-order valence-electron chi connectivity index (χ3n) is 4.34. The van der Waals surface area contributed by atoms with Gasteiger partial charge in [0.25, 0.3) is 0 Å². The number of hydrogen-bond donors (Lipinski definition) is 1. The molecule has 1 spiro atoms. The molecule has 1 fully saturated rings. The summed E-state index contributed by atoms with van der Waals surface area (Å²) < 4.78 is 5.46. The quantitative estimate of drug-likeness (QED) is 0.806. The summed E-state index contributed by atoms with van der Waals surface area (Å²) in [5, 5.41) is 3.95. The number of aromatic nitrogens is 1. The fraction of sp³-hybridized carbons (Fsp3) is 0.750. The molecule has 0 aliphatic heterocycles. The minimum absolute atomic E-state index is 0.513. The molecule has 2 N–H and O–H groups in total. The lowest BCUT2D eigenvalue weighted by Gasteiger charge is -2.33. The predicted molar refractivity (Wildman–Crippen MR) is 57.5 cm³/mol. The maximum Gasteiger partial charge on any atom is 0.143 e. The summed E-state index contributed by atoms with van der Waals surface area (Å²) in [6.45, 7) is 2.98. The van der Waals surface area contributed by atoms with Crippen LogP contribution in [0.5, 0.6) is 0 Å². The minimum Gasteiger partial charge on any atom is -0.361 e. The highest BCUT2D eigenvalue weighted by molar-refractivity contribution is 5.28. The molecule has 3 heteroatoms. The van der Waals surface area contributed by atoms with Crippen LogP contribution in [-0.2, 0) is 6.42 Å². The minimum atomic E-state index is 0.513. The van der Waals surface area contributed by atoms with E-state index < -0.39 is 0 Å². The highest BCUT2D eigenvalue weighted by Gasteiger charge is 2.55. The lowest BCUT2D eigenvalue weighted by Crippen LogP contribution is -2.30. The fourth-order valence-electron chi connectivity index (χ4n) is 3.25. The number of hydrogen-bond acceptors (Lipinski definition) is 3. The van der Waals surface area contributed by atoms with Crippen LogP contribution in [0.15, 0.2) is 10.7 Å². The van der Waals surface area contributed by atoms with Gasteiger partial charge in [-0.2, -0.15) is 0 Å². The third kappa shape index (κ3) is 1.26. The summed E-state index contributed by atoms with van der Waals surface area (Å²) >= 11 is 0. The number of rotatable bonds is 2. The second kappa shape index (κ2) is 3.08. The van der Waals surface area contributed by atoms with Crippen LogP contribution in [0, 0.1) is 11.3 Å². The molecule has 2 unspecified atom stereocenters. The molecule has 0 radical (unpaired) electrons. The molecule has 0 bridgehead atoms. The normalized spacial score (nSPS) is 28.8. The van der Waals surface area contributed by atoms with E-state index >= 15 is 0 Å². The van der Waals surface area contributed by atoms with Crippen molar-refractivity contribution in [2.75, 3.05) is 6.54 Å². The molecule has 1 aromatic heterocycles. The van der Waals surface area contributed by atoms with Crippen molar-refractivity contribution >= 4 is 0 Å². The van der Waals surface area contributed by atoms with Gasteiger partial charge in [-0.15, -0.1) is 0 Å². The van der Waals surface area contributed by atoms with E-state index in [-0.39, 0.29) is 0 Å². The van der Waals surface area contributed by atoms with E-state index in [1.165, 1.54) is 24.8 Å². The number of fused-ring (bicyclic) bond motifs is 1. The Hall–Kier alpha value is -0.830. The Morgan fingerprint density at radius 2 is 2.40 bits per heavy atom. The average molecular weight is 206 g/mol. The Balaban J connectivity index is 2.01. The summed E-state index contributed by atoms with van der Waals surface area (Å²) in [6.07, 6.45) is 7.04. The molecule has 15 heavy (non-hydrogen) atoms. The van der Waals surface area contributed by atoms with E-state index in [0.717, 1.165) is 18.7 Å². The molecule has 1 saturated carbocycles. The first-order valence-electron chi connectivity index (χ1n) is 5.90. The van der Waals surface area contributed by atoms with Gasteiger partial charge in [0, 0.05) is 11.5 Å². The first kappa shape index (κ1) is 9.40. The van der Waals surface area contributed by atoms with E-state index in [1.54, 1.807) is 0 Å². The smallest absolute Gasteiger partial charge is 0.143 e. The van der Waals surface area contributed by atoms with E-state index in [1.807, 2.05) is 6.20 Å². The van der Waals surface area contributed by atoms with Crippen LogP contribution in [0.2, 0.25) is 0 Å². The average Bonchev–Trinajstić information content (AvgIpc) is 2.85. The fourth-order valence-corrected chi connectivity index (χ4v) is 3.25. The zero-order valence-electron chi connectivity index (χ0n) is 9.20. The second-order valence-corrected chi connectivity index (χ2v) is 5.27. The molecule has 0 aromatic carbocycles. The molecular formula is C12H18N2O. The van der Waals surface area contributed by atoms with Gasteiger partial charge in [-0.1, -0.05) is 12.1 Å². The molecule has 2 atom stereocenters. The van der Waals surface area contributed by atoms with Crippen LogP contribution >= 0.6 is 0 Å². The van der Waals surface area contributed by atoms with Crippen LogP contribution in [0.4, 0.5) is 0 Å². The van der Waals surface area contributed by atoms with Gasteiger partial charge in [0.2, 0.25) is 0 Å². The van der Waals surface area contributed by atoms with Crippen LogP contribution in [-0.4, -0.2) is 11.7 Å². The number of nitrogens with two attached hydrogens (primary N) is 1. The number of nitrogens with zero attached hydrogens (tertiary/aromatic N) is 1. The molecule has 3 rings (SSSR count). The van der Waals surface area contributed by atoms with Gasteiger partial charge in [0.15, 0.2) is 0 Å². The second-order valence-electron chi connectivity index (χ2n) is 5.27. The predicted octanol–water partition coefficient (Wildman–Crippen LogP) is 2.08. The van der Waals surface area contributed by atoms with Gasteiger partial charge in [0.1, 0.15) is 5.76 Å². The van der Waals surface area contributed by atoms with Gasteiger partial charge in [-0.3, -0.25) is 0 Å². The van der Waals surface area contributed by atoms with Gasteiger partial charge in [0.05, 0.1) is 6.20 Å². The van der Waals surface area contributed by atoms with E-state index in [2.05, 4.69) is 12.1 Å². The Kier molecular flexibility index (Phi) is 1.93. The Bertz CT molecular complexity index is 367. The van der Waals surface area contributed by atoms with Crippen LogP contribution in [0.25, 0.3) is 0 Å². The first-order valence-corrected chi connectivity index (χ1v) is 5.90. The van der Waals surface area contributed by atoms with Gasteiger partial charge >= 0.3 is 0 Å². The molecule has 2 aliphatic carbocycles. The lowest BCUT2D eigenvalue weighted by molar-refractivity contribution is 0.216. The van der Waals surface area contributed by atoms with E-state index in [0.29, 0.717) is 17.3 Å². The third-order valence-corrected chi connectivity index (χ3v) is 4.34. The van der Waals surface area contributed by atoms with Crippen molar-refractivity contribution in [3.63, 3.8) is 0 Å². The summed E-state index contributed by atoms with van der Waals surface area (Å²) in [5.74, 6) is 2.17. The lowest BCUT2D eigenvalue weighted by atomic mass is 9.70. The molecule has 0 saturated heterocycles. The van der Waals surface area contributed by atoms with E-state index in [9.17, 15) is 0 Å². The molecule has 2 aliphatic rings. The summed E-state index contributed by atoms with van der Waals surface area (Å²) in [7, 11) is 0. The zero-order chi connectivity index (χ0) is 10.5. The molecule has 1 aromatic rings. The Morgan fingerprint density at radius 3 is 3.07 bits per heavy atom. The molecule has 0 amide bonds. The van der Waals surface area contributed by atoms with Gasteiger partial charge < -0.3 is 10.3 Å². The zero-order valence-corrected chi connectivity index (χ0v) is 9.20. The van der Waals surface area contributed by atoms with Crippen molar-refractivity contribution in [1.82, 2.24) is 5.16 Å². The molecule has 3 nitrogen and oxygen atoms in total. The SMILES string of the molecule is CC(CN)C1c2oncc2CCC12CC2. The van der Waals surface area contributed by atoms with Crippen LogP contribution in [0.1, 0.15) is 43.4 Å². The van der Waals surface area contributed by atoms with Gasteiger partial charge in [-0.05, 0) is 43.6 Å². The molecular weight excluding hydrogens is 188 g/mol. The summed E-state index contributed by atoms with van der Waals surface area (Å²) in [6, 6.07) is 0. The monoisotopic (exact) mass is 206 g/mol. The van der Waals surface area contributed by atoms with E-state index in [4.69, 9.17) is 10.3 Å². The molecule has 82 valence electrons. The van der Waals surface area contributed by atoms with Crippen LogP contribution in [0.3, 0.4) is 0 Å². The van der Waals surface area contributed by atoms with Crippen molar-refractivity contribution < 1.29 is 4.52 Å². The van der Waals surface area contributed by atoms with Crippen LogP contribution < -0.4 is 5.73 Å². The standard InChI is InChI=1S/C12H18N2O/c1-8(6-13)10-11-9(7-14-15-11)2-3-12(10)4-5-12/h7-8,10H,2-6,13H2,1H3. The number of aryl methyl sites for hydroxylation is 1. The van der Waals surface area contributed by atoms with Crippen molar-refractivity contribution in [1.29, 1.82) is 0 Å². The van der Waals surface area contributed by atoms with Crippen molar-refractivity contribution in [3.8, 4) is 0 Å². The van der Waals surface area contributed by atoms with Gasteiger partial charge in [-0.25, -0.2) is 0 Å². The largest absolute Gasteiger partial charge is 0.361 e. The maximum absolute atomic E-state index is 5.82. The van der Waals surface area contributed by atoms with Crippen molar-refractivity contribution in [2.24, 2.45) is 17.1 Å². The highest BCUT2D eigenvalue weighted by atomic mass is 16.5. The summed E-state index contributed by atoms with van der Waals surface area (Å²) in [5.41, 5.74) is 7.65. The Morgan fingerprint density at radius 1 is 1.60 bits per heavy atom. The summed E-state index contributed by atoms with van der Waals surface area (Å²) in [4.78, 5) is 0. The highest BCUT2D eigenvalue weighted by Crippen LogP contribution is 2.63. The topological polar surface area (TPSA) is 52.0 Å². The first-order chi connectivity index (χ1) is 7.27. The Labute approximate surface area is 90.0 Å². The maximum atomic E-state index is 5.82. The van der Waals surface area contributed by atoms with Crippen molar-refractivity contribution in [2.45, 2.75) is 38.5 Å². The molecule has 1 heterocycles. The van der Waals surface area contributed by atoms with Crippen molar-refractivity contribution in [3.05, 3.63) is 17.5 Å².